The van der Waals surface area contributed by atoms with Crippen molar-refractivity contribution in [1.29, 1.82) is 0 Å². The smallest absolute Gasteiger partial charge is 0.269 e. The van der Waals surface area contributed by atoms with Crippen LogP contribution in [0.15, 0.2) is 60.0 Å². The van der Waals surface area contributed by atoms with E-state index < -0.39 is 4.92 Å². The number of aryl methyl sites for hydroxylation is 1. The van der Waals surface area contributed by atoms with Gasteiger partial charge in [0.2, 0.25) is 5.91 Å². The van der Waals surface area contributed by atoms with Gasteiger partial charge in [-0.3, -0.25) is 24.6 Å². The second-order valence-corrected chi connectivity index (χ2v) is 10.3. The minimum absolute atomic E-state index is 0.0433. The van der Waals surface area contributed by atoms with Crippen molar-refractivity contribution in [2.45, 2.75) is 19.4 Å². The van der Waals surface area contributed by atoms with Gasteiger partial charge in [-0.1, -0.05) is 24.3 Å². The second kappa shape index (κ2) is 10.2. The summed E-state index contributed by atoms with van der Waals surface area (Å²) in [5, 5.41) is 13.0. The number of non-ortho nitro benzene ring substituents is 1. The number of hydrogen-bond acceptors (Lipinski definition) is 6. The second-order valence-electron chi connectivity index (χ2n) is 9.26. The first kappa shape index (κ1) is 24.1. The Labute approximate surface area is 213 Å². The minimum Gasteiger partial charge on any atom is -0.338 e. The molecule has 0 spiro atoms. The van der Waals surface area contributed by atoms with Crippen LogP contribution in [0.1, 0.15) is 38.0 Å². The number of thiophene rings is 1. The van der Waals surface area contributed by atoms with Crippen LogP contribution in [0.5, 0.6) is 0 Å². The van der Waals surface area contributed by atoms with Crippen LogP contribution in [-0.2, 0) is 11.2 Å². The number of carbonyl (C=O) groups excluding carboxylic acids is 2. The molecule has 2 aliphatic rings. The summed E-state index contributed by atoms with van der Waals surface area (Å²) in [4.78, 5) is 43.8. The molecule has 3 aromatic rings. The molecule has 0 radical (unpaired) electrons. The Hall–Kier alpha value is -3.56. The summed E-state index contributed by atoms with van der Waals surface area (Å²) in [7, 11) is 0. The molecular weight excluding hydrogens is 476 g/mol. The van der Waals surface area contributed by atoms with Crippen molar-refractivity contribution in [2.75, 3.05) is 39.3 Å². The van der Waals surface area contributed by atoms with Gasteiger partial charge < -0.3 is 9.80 Å². The van der Waals surface area contributed by atoms with Gasteiger partial charge in [-0.2, -0.15) is 0 Å². The van der Waals surface area contributed by atoms with Crippen LogP contribution < -0.4 is 0 Å². The van der Waals surface area contributed by atoms with Crippen molar-refractivity contribution in [1.82, 2.24) is 14.7 Å². The van der Waals surface area contributed by atoms with E-state index in [2.05, 4.69) is 41.5 Å². The van der Waals surface area contributed by atoms with Crippen molar-refractivity contribution < 1.29 is 14.5 Å². The highest BCUT2D eigenvalue weighted by molar-refractivity contribution is 7.10. The van der Waals surface area contributed by atoms with Crippen LogP contribution in [0.4, 0.5) is 5.69 Å². The van der Waals surface area contributed by atoms with Gasteiger partial charge in [-0.25, -0.2) is 0 Å². The summed E-state index contributed by atoms with van der Waals surface area (Å²) in [5.41, 5.74) is 4.13. The number of carbonyl (C=O) groups is 2. The van der Waals surface area contributed by atoms with Crippen LogP contribution in [0.2, 0.25) is 0 Å². The third-order valence-electron chi connectivity index (χ3n) is 7.13. The number of amides is 2. The van der Waals surface area contributed by atoms with Gasteiger partial charge in [0.25, 0.3) is 11.6 Å². The number of nitro benzene ring substituents is 1. The molecule has 2 aliphatic heterocycles. The molecule has 5 rings (SSSR count). The van der Waals surface area contributed by atoms with Crippen LogP contribution in [0.25, 0.3) is 0 Å². The summed E-state index contributed by atoms with van der Waals surface area (Å²) < 4.78 is 0. The lowest BCUT2D eigenvalue weighted by Gasteiger charge is -2.39. The van der Waals surface area contributed by atoms with Gasteiger partial charge in [-0.15, -0.1) is 11.3 Å². The summed E-state index contributed by atoms with van der Waals surface area (Å²) in [6, 6.07) is 16.3. The van der Waals surface area contributed by atoms with Gasteiger partial charge >= 0.3 is 0 Å². The van der Waals surface area contributed by atoms with Crippen molar-refractivity contribution >= 4 is 28.8 Å². The first-order chi connectivity index (χ1) is 17.4. The predicted molar refractivity (Wildman–Crippen MR) is 138 cm³/mol. The Morgan fingerprint density at radius 2 is 1.64 bits per heavy atom. The van der Waals surface area contributed by atoms with Crippen molar-refractivity contribution in [3.05, 3.63) is 97.2 Å². The van der Waals surface area contributed by atoms with Gasteiger partial charge in [0.05, 0.1) is 17.5 Å². The molecule has 2 aromatic carbocycles. The Morgan fingerprint density at radius 1 is 0.944 bits per heavy atom. The third-order valence-corrected chi connectivity index (χ3v) is 8.13. The zero-order valence-corrected chi connectivity index (χ0v) is 20.9. The fourth-order valence-corrected chi connectivity index (χ4v) is 6.04. The zero-order chi connectivity index (χ0) is 25.2. The first-order valence-electron chi connectivity index (χ1n) is 12.1. The summed E-state index contributed by atoms with van der Waals surface area (Å²) in [5.74, 6) is -0.0904. The van der Waals surface area contributed by atoms with Gasteiger partial charge in [0.1, 0.15) is 0 Å². The summed E-state index contributed by atoms with van der Waals surface area (Å²) in [6.07, 6.45) is 0.945. The van der Waals surface area contributed by atoms with Crippen LogP contribution >= 0.6 is 11.3 Å². The number of fused-ring (bicyclic) bond motifs is 1. The van der Waals surface area contributed by atoms with Gasteiger partial charge in [0, 0.05) is 55.3 Å². The van der Waals surface area contributed by atoms with E-state index in [1.807, 2.05) is 11.0 Å². The molecule has 0 aliphatic carbocycles. The zero-order valence-electron chi connectivity index (χ0n) is 20.1. The van der Waals surface area contributed by atoms with E-state index in [1.165, 1.54) is 45.8 Å². The van der Waals surface area contributed by atoms with Gasteiger partial charge in [0.15, 0.2) is 0 Å². The van der Waals surface area contributed by atoms with E-state index in [-0.39, 0.29) is 23.5 Å². The van der Waals surface area contributed by atoms with E-state index in [0.29, 0.717) is 38.3 Å². The standard InChI is InChI=1S/C27H28N4O4S/c1-19-4-2-3-5-22(19)26-23-11-17-36-24(23)10-12-30(26)18-25(32)28-13-15-29(16-14-28)27(33)20-6-8-21(9-7-20)31(34)35/h2-9,11,17,26H,10,12-16,18H2,1H3/t26-/m1/s1. The molecule has 0 bridgehead atoms. The highest BCUT2D eigenvalue weighted by Crippen LogP contribution is 2.38. The Bertz CT molecular complexity index is 1280. The minimum atomic E-state index is -0.482. The third kappa shape index (κ3) is 4.76. The maximum absolute atomic E-state index is 13.3. The van der Waals surface area contributed by atoms with E-state index in [9.17, 15) is 19.7 Å². The number of rotatable bonds is 5. The predicted octanol–water partition coefficient (Wildman–Crippen LogP) is 3.90. The number of piperazine rings is 1. The van der Waals surface area contributed by atoms with E-state index in [4.69, 9.17) is 0 Å². The van der Waals surface area contributed by atoms with E-state index >= 15 is 0 Å². The molecular formula is C27H28N4O4S. The van der Waals surface area contributed by atoms with E-state index in [0.717, 1.165) is 13.0 Å². The number of nitro groups is 1. The maximum Gasteiger partial charge on any atom is 0.269 e. The highest BCUT2D eigenvalue weighted by atomic mass is 32.1. The molecule has 1 fully saturated rings. The lowest BCUT2D eigenvalue weighted by Crippen LogP contribution is -2.53. The molecule has 9 heteroatoms. The monoisotopic (exact) mass is 504 g/mol. The molecule has 1 atom stereocenters. The molecule has 3 heterocycles. The average molecular weight is 505 g/mol. The lowest BCUT2D eigenvalue weighted by atomic mass is 9.90. The maximum atomic E-state index is 13.3. The van der Waals surface area contributed by atoms with Crippen LogP contribution in [0.3, 0.4) is 0 Å². The van der Waals surface area contributed by atoms with Crippen LogP contribution in [-0.4, -0.2) is 70.7 Å². The lowest BCUT2D eigenvalue weighted by molar-refractivity contribution is -0.384. The molecule has 2 amide bonds. The number of hydrogen-bond donors (Lipinski definition) is 0. The fraction of sp³-hybridized carbons (Fsp3) is 0.333. The summed E-state index contributed by atoms with van der Waals surface area (Å²) in [6.45, 7) is 5.13. The molecule has 8 nitrogen and oxygen atoms in total. The largest absolute Gasteiger partial charge is 0.338 e. The number of nitrogens with zero attached hydrogens (tertiary/aromatic N) is 4. The molecule has 1 aromatic heterocycles. The normalized spacial score (nSPS) is 18.1. The SMILES string of the molecule is Cc1ccccc1[C@@H]1c2ccsc2CCN1CC(=O)N1CCN(C(=O)c2ccc([N+](=O)[O-])cc2)CC1. The molecule has 0 unspecified atom stereocenters. The first-order valence-corrected chi connectivity index (χ1v) is 13.0. The van der Waals surface area contributed by atoms with Crippen molar-refractivity contribution in [3.8, 4) is 0 Å². The van der Waals surface area contributed by atoms with E-state index in [1.54, 1.807) is 16.2 Å². The Balaban J connectivity index is 1.24. The Morgan fingerprint density at radius 3 is 2.33 bits per heavy atom. The summed E-state index contributed by atoms with van der Waals surface area (Å²) >= 11 is 1.79. The average Bonchev–Trinajstić information content (AvgIpc) is 3.38. The molecule has 0 saturated carbocycles. The van der Waals surface area contributed by atoms with Crippen molar-refractivity contribution in [2.24, 2.45) is 0 Å². The number of benzene rings is 2. The Kier molecular flexibility index (Phi) is 6.84. The molecule has 1 saturated heterocycles. The topological polar surface area (TPSA) is 87.0 Å². The highest BCUT2D eigenvalue weighted by Gasteiger charge is 2.33. The quantitative estimate of drug-likeness (QED) is 0.389. The van der Waals surface area contributed by atoms with Crippen molar-refractivity contribution in [3.63, 3.8) is 0 Å². The van der Waals surface area contributed by atoms with Crippen LogP contribution in [0, 0.1) is 17.0 Å². The fourth-order valence-electron chi connectivity index (χ4n) is 5.14. The molecule has 36 heavy (non-hydrogen) atoms. The molecule has 0 N–H and O–H groups in total. The molecule has 186 valence electrons. The van der Waals surface area contributed by atoms with Gasteiger partial charge in [-0.05, 0) is 53.6 Å².